The molecule has 3 nitrogen and oxygen atoms in total. The van der Waals surface area contributed by atoms with Gasteiger partial charge in [-0.05, 0) is 5.56 Å². The summed E-state index contributed by atoms with van der Waals surface area (Å²) in [5, 5.41) is 2.59. The highest BCUT2D eigenvalue weighted by Gasteiger charge is 2.07. The molecule has 0 atom stereocenters. The smallest absolute Gasteiger partial charge is 0.216 e. The van der Waals surface area contributed by atoms with Crippen molar-refractivity contribution in [2.24, 2.45) is 0 Å². The molecule has 0 spiro atoms. The molecule has 15 heavy (non-hydrogen) atoms. The minimum Gasteiger partial charge on any atom is -0.286 e. The van der Waals surface area contributed by atoms with Gasteiger partial charge in [0.05, 0.1) is 6.54 Å². The van der Waals surface area contributed by atoms with Crippen molar-refractivity contribution in [3.8, 4) is 0 Å². The van der Waals surface area contributed by atoms with Gasteiger partial charge in [-0.25, -0.2) is 4.98 Å². The molecule has 0 saturated carbocycles. The van der Waals surface area contributed by atoms with E-state index in [4.69, 9.17) is 0 Å². The number of aromatic nitrogens is 1. The maximum atomic E-state index is 10.9. The molecule has 2 rings (SSSR count). The zero-order chi connectivity index (χ0) is 10.5. The van der Waals surface area contributed by atoms with E-state index in [-0.39, 0.29) is 0 Å². The Bertz CT molecular complexity index is 413. The first-order valence-electron chi connectivity index (χ1n) is 4.55. The van der Waals surface area contributed by atoms with Crippen LogP contribution in [0.3, 0.4) is 0 Å². The highest BCUT2D eigenvalue weighted by molar-refractivity contribution is 7.13. The number of carbonyl (C=O) groups excluding carboxylic acids is 1. The maximum absolute atomic E-state index is 10.9. The van der Waals surface area contributed by atoms with E-state index >= 15 is 0 Å². The Morgan fingerprint density at radius 2 is 2.13 bits per heavy atom. The molecule has 1 aromatic heterocycles. The maximum Gasteiger partial charge on any atom is 0.216 e. The van der Waals surface area contributed by atoms with E-state index in [2.05, 4.69) is 4.98 Å². The number of carbonyl (C=O) groups is 1. The summed E-state index contributed by atoms with van der Waals surface area (Å²) in [4.78, 5) is 16.6. The molecule has 1 heterocycles. The zero-order valence-electron chi connectivity index (χ0n) is 8.04. The quantitative estimate of drug-likeness (QED) is 0.738. The molecular formula is C11H10N2OS. The summed E-state index contributed by atoms with van der Waals surface area (Å²) in [6.07, 6.45) is 2.51. The molecule has 0 bridgehead atoms. The van der Waals surface area contributed by atoms with Gasteiger partial charge >= 0.3 is 0 Å². The predicted molar refractivity (Wildman–Crippen MR) is 60.8 cm³/mol. The van der Waals surface area contributed by atoms with Crippen LogP contribution in [0.2, 0.25) is 0 Å². The van der Waals surface area contributed by atoms with Gasteiger partial charge in [0.2, 0.25) is 6.41 Å². The number of anilines is 1. The number of nitrogens with zero attached hydrogens (tertiary/aromatic N) is 2. The third kappa shape index (κ3) is 2.41. The average Bonchev–Trinajstić information content (AvgIpc) is 2.81. The van der Waals surface area contributed by atoms with E-state index < -0.39 is 0 Å². The van der Waals surface area contributed by atoms with Gasteiger partial charge in [-0.2, -0.15) is 0 Å². The van der Waals surface area contributed by atoms with Crippen LogP contribution in [0.15, 0.2) is 41.9 Å². The van der Waals surface area contributed by atoms with Gasteiger partial charge in [-0.1, -0.05) is 30.3 Å². The summed E-state index contributed by atoms with van der Waals surface area (Å²) in [7, 11) is 0. The summed E-state index contributed by atoms with van der Waals surface area (Å²) in [6, 6.07) is 9.85. The molecule has 1 aromatic carbocycles. The van der Waals surface area contributed by atoms with Gasteiger partial charge in [0.15, 0.2) is 5.13 Å². The number of benzene rings is 1. The zero-order valence-corrected chi connectivity index (χ0v) is 8.85. The van der Waals surface area contributed by atoms with Crippen molar-refractivity contribution in [3.63, 3.8) is 0 Å². The first-order valence-corrected chi connectivity index (χ1v) is 5.43. The molecule has 0 N–H and O–H groups in total. The van der Waals surface area contributed by atoms with Gasteiger partial charge < -0.3 is 0 Å². The minimum absolute atomic E-state index is 0.567. The molecule has 0 fully saturated rings. The minimum atomic E-state index is 0.567. The lowest BCUT2D eigenvalue weighted by molar-refractivity contribution is -0.107. The predicted octanol–water partition coefficient (Wildman–Crippen LogP) is 2.31. The Balaban J connectivity index is 2.13. The largest absolute Gasteiger partial charge is 0.286 e. The van der Waals surface area contributed by atoms with E-state index in [1.807, 2.05) is 35.7 Å². The van der Waals surface area contributed by atoms with Gasteiger partial charge in [-0.3, -0.25) is 9.69 Å². The summed E-state index contributed by atoms with van der Waals surface area (Å²) in [5.41, 5.74) is 1.10. The third-order valence-electron chi connectivity index (χ3n) is 1.99. The fourth-order valence-electron chi connectivity index (χ4n) is 1.29. The normalized spacial score (nSPS) is 9.87. The molecule has 0 saturated heterocycles. The van der Waals surface area contributed by atoms with E-state index in [0.717, 1.165) is 17.1 Å². The van der Waals surface area contributed by atoms with Crippen LogP contribution in [0.4, 0.5) is 5.13 Å². The summed E-state index contributed by atoms with van der Waals surface area (Å²) in [5.74, 6) is 0. The van der Waals surface area contributed by atoms with Gasteiger partial charge in [0.1, 0.15) is 0 Å². The van der Waals surface area contributed by atoms with Crippen LogP contribution < -0.4 is 4.90 Å². The molecule has 0 unspecified atom stereocenters. The second kappa shape index (κ2) is 4.70. The molecule has 2 aromatic rings. The topological polar surface area (TPSA) is 33.2 Å². The molecule has 0 aliphatic rings. The summed E-state index contributed by atoms with van der Waals surface area (Å²) < 4.78 is 0. The first kappa shape index (κ1) is 9.86. The van der Waals surface area contributed by atoms with E-state index in [1.54, 1.807) is 11.1 Å². The number of hydrogen-bond acceptors (Lipinski definition) is 3. The Hall–Kier alpha value is -1.68. The molecule has 0 aliphatic carbocycles. The highest BCUT2D eigenvalue weighted by atomic mass is 32.1. The van der Waals surface area contributed by atoms with Crippen molar-refractivity contribution in [2.75, 3.05) is 4.90 Å². The van der Waals surface area contributed by atoms with Crippen molar-refractivity contribution in [3.05, 3.63) is 47.5 Å². The third-order valence-corrected chi connectivity index (χ3v) is 2.80. The molecule has 1 amide bonds. The standard InChI is InChI=1S/C11H10N2OS/c14-9-13(11-12-6-7-15-11)8-10-4-2-1-3-5-10/h1-7,9H,8H2. The van der Waals surface area contributed by atoms with Gasteiger partial charge in [0.25, 0.3) is 0 Å². The van der Waals surface area contributed by atoms with Gasteiger partial charge in [0, 0.05) is 11.6 Å². The van der Waals surface area contributed by atoms with Crippen LogP contribution in [0.25, 0.3) is 0 Å². The number of hydrogen-bond donors (Lipinski definition) is 0. The fraction of sp³-hybridized carbons (Fsp3) is 0.0909. The molecule has 0 radical (unpaired) electrons. The monoisotopic (exact) mass is 218 g/mol. The average molecular weight is 218 g/mol. The Kier molecular flexibility index (Phi) is 3.09. The first-order chi connectivity index (χ1) is 7.40. The van der Waals surface area contributed by atoms with Crippen LogP contribution in [0.1, 0.15) is 5.56 Å². The second-order valence-electron chi connectivity index (χ2n) is 3.03. The second-order valence-corrected chi connectivity index (χ2v) is 3.91. The Labute approximate surface area is 92.0 Å². The number of thiazole rings is 1. The number of amides is 1. The summed E-state index contributed by atoms with van der Waals surface area (Å²) in [6.45, 7) is 0.567. The molecule has 0 aliphatic heterocycles. The SMILES string of the molecule is O=CN(Cc1ccccc1)c1nccs1. The fourth-order valence-corrected chi connectivity index (χ4v) is 1.90. The van der Waals surface area contributed by atoms with E-state index in [9.17, 15) is 4.79 Å². The summed E-state index contributed by atoms with van der Waals surface area (Å²) >= 11 is 1.46. The molecule has 4 heteroatoms. The van der Waals surface area contributed by atoms with Crippen molar-refractivity contribution >= 4 is 22.9 Å². The lowest BCUT2D eigenvalue weighted by atomic mass is 10.2. The lowest BCUT2D eigenvalue weighted by Gasteiger charge is -2.13. The van der Waals surface area contributed by atoms with Gasteiger partial charge in [-0.15, -0.1) is 11.3 Å². The van der Waals surface area contributed by atoms with Crippen molar-refractivity contribution < 1.29 is 4.79 Å². The number of rotatable bonds is 4. The van der Waals surface area contributed by atoms with Crippen molar-refractivity contribution in [1.29, 1.82) is 0 Å². The van der Waals surface area contributed by atoms with E-state index in [0.29, 0.717) is 6.54 Å². The van der Waals surface area contributed by atoms with Crippen LogP contribution >= 0.6 is 11.3 Å². The van der Waals surface area contributed by atoms with Crippen LogP contribution in [0, 0.1) is 0 Å². The highest BCUT2D eigenvalue weighted by Crippen LogP contribution is 2.17. The molecular weight excluding hydrogens is 208 g/mol. The Morgan fingerprint density at radius 3 is 2.73 bits per heavy atom. The van der Waals surface area contributed by atoms with E-state index in [1.165, 1.54) is 11.3 Å². The van der Waals surface area contributed by atoms with Crippen molar-refractivity contribution in [2.45, 2.75) is 6.54 Å². The van der Waals surface area contributed by atoms with Crippen LogP contribution in [-0.4, -0.2) is 11.4 Å². The molecule has 76 valence electrons. The van der Waals surface area contributed by atoms with Crippen LogP contribution in [-0.2, 0) is 11.3 Å². The lowest BCUT2D eigenvalue weighted by Crippen LogP contribution is -2.19. The Morgan fingerprint density at radius 1 is 1.33 bits per heavy atom. The van der Waals surface area contributed by atoms with Crippen molar-refractivity contribution in [1.82, 2.24) is 4.98 Å². The van der Waals surface area contributed by atoms with Crippen LogP contribution in [0.5, 0.6) is 0 Å².